The van der Waals surface area contributed by atoms with Gasteiger partial charge in [0.05, 0.1) is 26.4 Å². The molecule has 0 atom stereocenters. The first-order valence-corrected chi connectivity index (χ1v) is 40.1. The highest BCUT2D eigenvalue weighted by Gasteiger charge is 2.27. The molecule has 0 aliphatic carbocycles. The fraction of sp³-hybridized carbons (Fsp3) is 0.435. The second-order valence-corrected chi connectivity index (χ2v) is 28.7. The number of rotatable bonds is 48. The number of benzene rings is 8. The van der Waals surface area contributed by atoms with Gasteiger partial charge >= 0.3 is 0 Å². The van der Waals surface area contributed by atoms with E-state index < -0.39 is 0 Å². The van der Waals surface area contributed by atoms with Crippen LogP contribution >= 0.6 is 0 Å². The Morgan fingerprint density at radius 2 is 0.413 bits per heavy atom. The molecule has 4 aromatic heterocycles. The van der Waals surface area contributed by atoms with E-state index >= 15 is 0 Å². The summed E-state index contributed by atoms with van der Waals surface area (Å²) in [5, 5.41) is 24.8. The van der Waals surface area contributed by atoms with Crippen LogP contribution in [0.2, 0.25) is 0 Å². The summed E-state index contributed by atoms with van der Waals surface area (Å²) >= 11 is 0. The molecule has 0 saturated heterocycles. The molecule has 0 saturated carbocycles. The third-order valence-electron chi connectivity index (χ3n) is 20.7. The van der Waals surface area contributed by atoms with Gasteiger partial charge in [-0.1, -0.05) is 252 Å². The quantitative estimate of drug-likeness (QED) is 0.0265. The van der Waals surface area contributed by atoms with E-state index in [9.17, 15) is 0 Å². The highest BCUT2D eigenvalue weighted by molar-refractivity contribution is 6.31. The number of hydrogen-bond donors (Lipinski definition) is 0. The van der Waals surface area contributed by atoms with Gasteiger partial charge in [-0.15, -0.1) is 0 Å². The van der Waals surface area contributed by atoms with Crippen LogP contribution in [0.25, 0.3) is 123 Å². The predicted molar refractivity (Wildman–Crippen MR) is 426 cm³/mol. The van der Waals surface area contributed by atoms with Crippen LogP contribution in [0.1, 0.15) is 233 Å². The number of hydrogen-bond acceptors (Lipinski definition) is 12. The average molecular weight is 1400 g/mol. The van der Waals surface area contributed by atoms with Crippen LogP contribution in [0.3, 0.4) is 0 Å². The molecular weight excluding hydrogens is 1290 g/mol. The molecular formula is C92H110N4O8. The van der Waals surface area contributed by atoms with E-state index in [0.717, 1.165) is 126 Å². The molecule has 0 unspecified atom stereocenters. The lowest BCUT2D eigenvalue weighted by molar-refractivity contribution is 0.304. The van der Waals surface area contributed by atoms with E-state index in [4.69, 9.17) is 57.7 Å². The van der Waals surface area contributed by atoms with E-state index in [0.29, 0.717) is 72.2 Å². The maximum Gasteiger partial charge on any atom is 0.168 e. The second-order valence-electron chi connectivity index (χ2n) is 28.7. The zero-order chi connectivity index (χ0) is 71.3. The van der Waals surface area contributed by atoms with Crippen molar-refractivity contribution in [3.05, 3.63) is 158 Å². The molecule has 12 nitrogen and oxygen atoms in total. The SMILES string of the molecule is CCCCCCCCCCOc1ccc(-c2cc(-c3cc(-c4cc(-c5ccc(OCCCCCCCCCC)cc5)no4)c4ccc5c(-c6cc(-c7ccc(OCCCCCCCCCC)cc7)no6)cc(-c6cc(-c7ccc(OCCCCCCCCCC)cc7)no6)c6ccc3c4c65)on2)cc1. The molecule has 0 fully saturated rings. The van der Waals surface area contributed by atoms with Gasteiger partial charge in [0.1, 0.15) is 45.8 Å². The second kappa shape index (κ2) is 39.6. The van der Waals surface area contributed by atoms with Crippen LogP contribution in [-0.2, 0) is 0 Å². The Bertz CT molecular complexity index is 3900. The summed E-state index contributed by atoms with van der Waals surface area (Å²) in [7, 11) is 0. The smallest absolute Gasteiger partial charge is 0.168 e. The minimum atomic E-state index is 0.603. The molecule has 12 aromatic rings. The fourth-order valence-corrected chi connectivity index (χ4v) is 14.6. The summed E-state index contributed by atoms with van der Waals surface area (Å²) < 4.78 is 50.9. The monoisotopic (exact) mass is 1400 g/mol. The summed E-state index contributed by atoms with van der Waals surface area (Å²) in [5.41, 5.74) is 9.90. The predicted octanol–water partition coefficient (Wildman–Crippen LogP) is 28.0. The van der Waals surface area contributed by atoms with Crippen molar-refractivity contribution in [1.82, 2.24) is 20.6 Å². The summed E-state index contributed by atoms with van der Waals surface area (Å²) in [6.45, 7) is 11.9. The largest absolute Gasteiger partial charge is 0.494 e. The third-order valence-corrected chi connectivity index (χ3v) is 20.7. The van der Waals surface area contributed by atoms with E-state index in [-0.39, 0.29) is 0 Å². The summed E-state index contributed by atoms with van der Waals surface area (Å²) in [4.78, 5) is 0. The lowest BCUT2D eigenvalue weighted by Crippen LogP contribution is -1.97. The van der Waals surface area contributed by atoms with Crippen molar-refractivity contribution < 1.29 is 37.0 Å². The molecule has 12 rings (SSSR count). The van der Waals surface area contributed by atoms with Crippen LogP contribution in [-0.4, -0.2) is 47.1 Å². The van der Waals surface area contributed by atoms with Crippen molar-refractivity contribution in [3.63, 3.8) is 0 Å². The molecule has 0 bridgehead atoms. The van der Waals surface area contributed by atoms with Gasteiger partial charge in [0.25, 0.3) is 0 Å². The van der Waals surface area contributed by atoms with E-state index in [1.54, 1.807) is 0 Å². The number of unbranched alkanes of at least 4 members (excludes halogenated alkanes) is 28. The number of aromatic nitrogens is 4. The van der Waals surface area contributed by atoms with Gasteiger partial charge in [0, 0.05) is 68.8 Å². The van der Waals surface area contributed by atoms with E-state index in [1.807, 2.05) is 72.8 Å². The Morgan fingerprint density at radius 1 is 0.221 bits per heavy atom. The van der Waals surface area contributed by atoms with E-state index in [2.05, 4.69) is 113 Å². The maximum absolute atomic E-state index is 6.48. The minimum absolute atomic E-state index is 0.603. The van der Waals surface area contributed by atoms with Gasteiger partial charge in [-0.3, -0.25) is 0 Å². The molecule has 8 aromatic carbocycles. The number of ether oxygens (including phenoxy) is 4. The van der Waals surface area contributed by atoms with Gasteiger partial charge in [0.15, 0.2) is 23.0 Å². The Hall–Kier alpha value is -9.16. The van der Waals surface area contributed by atoms with Crippen LogP contribution in [0.4, 0.5) is 0 Å². The molecule has 0 amide bonds. The molecule has 0 aliphatic rings. The van der Waals surface area contributed by atoms with E-state index in [1.165, 1.54) is 180 Å². The zero-order valence-electron chi connectivity index (χ0n) is 62.5. The van der Waals surface area contributed by atoms with Crippen LogP contribution in [0.5, 0.6) is 23.0 Å². The Kier molecular flexibility index (Phi) is 28.4. The lowest BCUT2D eigenvalue weighted by Gasteiger charge is -2.18. The summed E-state index contributed by atoms with van der Waals surface area (Å²) in [5.74, 6) is 5.78. The Labute approximate surface area is 617 Å². The van der Waals surface area contributed by atoms with Gasteiger partial charge < -0.3 is 37.0 Å². The molecule has 0 spiro atoms. The van der Waals surface area contributed by atoms with Crippen molar-refractivity contribution in [2.24, 2.45) is 0 Å². The van der Waals surface area contributed by atoms with Gasteiger partial charge in [0.2, 0.25) is 0 Å². The van der Waals surface area contributed by atoms with Crippen LogP contribution < -0.4 is 18.9 Å². The zero-order valence-corrected chi connectivity index (χ0v) is 62.5. The highest BCUT2D eigenvalue weighted by atomic mass is 16.5. The van der Waals surface area contributed by atoms with Crippen molar-refractivity contribution in [2.45, 2.75) is 233 Å². The topological polar surface area (TPSA) is 141 Å². The minimum Gasteiger partial charge on any atom is -0.494 e. The average Bonchev–Trinajstić information content (AvgIpc) is 1.04. The van der Waals surface area contributed by atoms with Gasteiger partial charge in [-0.2, -0.15) is 0 Å². The molecule has 12 heteroatoms. The maximum atomic E-state index is 6.48. The molecule has 546 valence electrons. The molecule has 104 heavy (non-hydrogen) atoms. The van der Waals surface area contributed by atoms with Crippen LogP contribution in [0.15, 0.2) is 176 Å². The number of nitrogens with zero attached hydrogens (tertiary/aromatic N) is 4. The molecule has 4 heterocycles. The molecule has 0 radical (unpaired) electrons. The Balaban J connectivity index is 0.879. The first-order chi connectivity index (χ1) is 51.5. The van der Waals surface area contributed by atoms with Crippen molar-refractivity contribution in [1.29, 1.82) is 0 Å². The summed E-state index contributed by atoms with van der Waals surface area (Å²) in [6.07, 6.45) is 40.2. The van der Waals surface area contributed by atoms with Gasteiger partial charge in [-0.05, 0) is 167 Å². The molecule has 0 aliphatic heterocycles. The lowest BCUT2D eigenvalue weighted by atomic mass is 9.84. The van der Waals surface area contributed by atoms with Crippen molar-refractivity contribution in [2.75, 3.05) is 26.4 Å². The summed E-state index contributed by atoms with van der Waals surface area (Å²) in [6, 6.07) is 53.9. The van der Waals surface area contributed by atoms with Crippen LogP contribution in [0, 0.1) is 0 Å². The fourth-order valence-electron chi connectivity index (χ4n) is 14.6. The highest BCUT2D eigenvalue weighted by Crippen LogP contribution is 2.50. The first-order valence-electron chi connectivity index (χ1n) is 40.1. The third kappa shape index (κ3) is 20.2. The first kappa shape index (κ1) is 74.6. The Morgan fingerprint density at radius 3 is 0.615 bits per heavy atom. The van der Waals surface area contributed by atoms with Crippen molar-refractivity contribution >= 4 is 32.3 Å². The van der Waals surface area contributed by atoms with Gasteiger partial charge in [-0.25, -0.2) is 0 Å². The standard InChI is InChI=1S/C92H110N4O8/c1-5-9-13-17-21-25-29-33-57-97-71-45-37-67(38-46-71)83-63-87(101-93-83)79-61-80(88-64-84(94-102-88)68-39-47-72(48-40-68)98-58-34-30-26-22-18-14-10-6-2)76-55-56-78-82(90-66-86(96-104-90)70-43-51-74(52-44-70)100-60-36-32-28-24-20-16-12-8-4)62-81(77-54-53-75(79)91(76)92(77)78)89-65-85(95-103-89)69-41-49-73(50-42-69)99-59-35-31-27-23-19-15-11-7-3/h37-56,61-66H,5-36,57-60H2,1-4H3. The molecule has 0 N–H and O–H groups in total. The normalized spacial score (nSPS) is 11.7. The van der Waals surface area contributed by atoms with Crippen molar-refractivity contribution in [3.8, 4) is 113 Å².